The first-order valence-electron chi connectivity index (χ1n) is 5.05. The van der Waals surface area contributed by atoms with Crippen LogP contribution in [0.25, 0.3) is 0 Å². The van der Waals surface area contributed by atoms with Crippen molar-refractivity contribution < 1.29 is 4.79 Å². The molecule has 2 nitrogen and oxygen atoms in total. The van der Waals surface area contributed by atoms with Crippen molar-refractivity contribution in [2.75, 3.05) is 20.6 Å². The normalized spacial score (nSPS) is 17.6. The third-order valence-electron chi connectivity index (χ3n) is 2.33. The Morgan fingerprint density at radius 1 is 1.31 bits per heavy atom. The van der Waals surface area contributed by atoms with E-state index < -0.39 is 0 Å². The van der Waals surface area contributed by atoms with E-state index in [1.165, 1.54) is 24.8 Å². The summed E-state index contributed by atoms with van der Waals surface area (Å²) in [5, 5.41) is 0. The van der Waals surface area contributed by atoms with Gasteiger partial charge in [-0.2, -0.15) is 0 Å². The van der Waals surface area contributed by atoms with Gasteiger partial charge in [0.05, 0.1) is 6.54 Å². The van der Waals surface area contributed by atoms with Gasteiger partial charge in [-0.3, -0.25) is 4.79 Å². The van der Waals surface area contributed by atoms with Gasteiger partial charge in [-0.1, -0.05) is 12.0 Å². The number of hydrogen-bond acceptors (Lipinski definition) is 2. The zero-order valence-electron chi connectivity index (χ0n) is 8.68. The van der Waals surface area contributed by atoms with Gasteiger partial charge in [0.25, 0.3) is 0 Å². The predicted molar refractivity (Wildman–Crippen MR) is 54.7 cm³/mol. The van der Waals surface area contributed by atoms with Crippen LogP contribution in [0, 0.1) is 0 Å². The van der Waals surface area contributed by atoms with Crippen LogP contribution in [0.2, 0.25) is 0 Å². The summed E-state index contributed by atoms with van der Waals surface area (Å²) in [4.78, 5) is 13.3. The van der Waals surface area contributed by atoms with E-state index in [1.807, 2.05) is 25.1 Å². The molecule has 2 heteroatoms. The van der Waals surface area contributed by atoms with Crippen molar-refractivity contribution in [3.63, 3.8) is 0 Å². The number of hydrogen-bond donors (Lipinski definition) is 0. The first-order valence-corrected chi connectivity index (χ1v) is 5.05. The fourth-order valence-electron chi connectivity index (χ4n) is 1.74. The highest BCUT2D eigenvalue weighted by molar-refractivity contribution is 5.91. The molecule has 1 aliphatic rings. The standard InChI is InChI=1S/C11H19NO/c1-12(2)9-11(13)8-10-6-4-3-5-7-10/h8H,3-7,9H2,1-2H3. The van der Waals surface area contributed by atoms with Crippen molar-refractivity contribution in [3.8, 4) is 0 Å². The molecule has 1 saturated carbocycles. The molecular formula is C11H19NO. The minimum Gasteiger partial charge on any atom is -0.302 e. The van der Waals surface area contributed by atoms with Gasteiger partial charge in [-0.15, -0.1) is 0 Å². The first-order chi connectivity index (χ1) is 6.18. The molecule has 0 unspecified atom stereocenters. The molecule has 0 radical (unpaired) electrons. The monoisotopic (exact) mass is 181 g/mol. The molecule has 0 spiro atoms. The Balaban J connectivity index is 2.39. The molecule has 1 rings (SSSR count). The lowest BCUT2D eigenvalue weighted by Gasteiger charge is -2.13. The minimum absolute atomic E-state index is 0.252. The fourth-order valence-corrected chi connectivity index (χ4v) is 1.74. The summed E-state index contributed by atoms with van der Waals surface area (Å²) in [6.45, 7) is 0.545. The summed E-state index contributed by atoms with van der Waals surface area (Å²) >= 11 is 0. The number of rotatable bonds is 3. The molecule has 0 aliphatic heterocycles. The number of carbonyl (C=O) groups is 1. The van der Waals surface area contributed by atoms with E-state index in [-0.39, 0.29) is 5.78 Å². The van der Waals surface area contributed by atoms with Gasteiger partial charge < -0.3 is 4.90 Å². The highest BCUT2D eigenvalue weighted by Crippen LogP contribution is 2.22. The second kappa shape index (κ2) is 5.18. The molecule has 0 aromatic rings. The van der Waals surface area contributed by atoms with Crippen molar-refractivity contribution in [1.82, 2.24) is 4.90 Å². The molecule has 0 amide bonds. The molecule has 0 N–H and O–H groups in total. The van der Waals surface area contributed by atoms with Gasteiger partial charge in [0.1, 0.15) is 0 Å². The summed E-state index contributed by atoms with van der Waals surface area (Å²) in [7, 11) is 3.86. The van der Waals surface area contributed by atoms with Crippen LogP contribution in [0.5, 0.6) is 0 Å². The summed E-state index contributed by atoms with van der Waals surface area (Å²) < 4.78 is 0. The third kappa shape index (κ3) is 4.23. The Morgan fingerprint density at radius 3 is 2.46 bits per heavy atom. The van der Waals surface area contributed by atoms with E-state index in [1.54, 1.807) is 0 Å². The second-order valence-electron chi connectivity index (χ2n) is 4.07. The summed E-state index contributed by atoms with van der Waals surface area (Å²) in [6, 6.07) is 0. The SMILES string of the molecule is CN(C)CC(=O)C=C1CCCCC1. The Morgan fingerprint density at radius 2 is 1.92 bits per heavy atom. The Labute approximate surface area is 80.6 Å². The van der Waals surface area contributed by atoms with Crippen molar-refractivity contribution in [2.24, 2.45) is 0 Å². The zero-order valence-corrected chi connectivity index (χ0v) is 8.68. The van der Waals surface area contributed by atoms with Crippen LogP contribution in [0.3, 0.4) is 0 Å². The van der Waals surface area contributed by atoms with Crippen LogP contribution in [-0.2, 0) is 4.79 Å². The molecule has 0 atom stereocenters. The fraction of sp³-hybridized carbons (Fsp3) is 0.727. The molecular weight excluding hydrogens is 162 g/mol. The van der Waals surface area contributed by atoms with Crippen molar-refractivity contribution in [2.45, 2.75) is 32.1 Å². The van der Waals surface area contributed by atoms with Gasteiger partial charge in [-0.25, -0.2) is 0 Å². The Kier molecular flexibility index (Phi) is 4.16. The number of ketones is 1. The Hall–Kier alpha value is -0.630. The number of likely N-dealkylation sites (N-methyl/N-ethyl adjacent to an activating group) is 1. The first kappa shape index (κ1) is 10.5. The molecule has 0 bridgehead atoms. The van der Waals surface area contributed by atoms with Crippen LogP contribution in [0.1, 0.15) is 32.1 Å². The molecule has 0 saturated heterocycles. The van der Waals surface area contributed by atoms with Crippen molar-refractivity contribution in [3.05, 3.63) is 11.6 Å². The lowest BCUT2D eigenvalue weighted by Crippen LogP contribution is -2.20. The third-order valence-corrected chi connectivity index (χ3v) is 2.33. The summed E-state index contributed by atoms with van der Waals surface area (Å²) in [6.07, 6.45) is 8.00. The maximum atomic E-state index is 11.4. The van der Waals surface area contributed by atoms with Crippen LogP contribution in [-0.4, -0.2) is 31.3 Å². The lowest BCUT2D eigenvalue weighted by atomic mass is 9.94. The van der Waals surface area contributed by atoms with E-state index in [0.29, 0.717) is 6.54 Å². The van der Waals surface area contributed by atoms with E-state index in [9.17, 15) is 4.79 Å². The van der Waals surface area contributed by atoms with Crippen molar-refractivity contribution >= 4 is 5.78 Å². The van der Waals surface area contributed by atoms with Crippen LogP contribution < -0.4 is 0 Å². The highest BCUT2D eigenvalue weighted by atomic mass is 16.1. The van der Waals surface area contributed by atoms with Crippen LogP contribution in [0.15, 0.2) is 11.6 Å². The van der Waals surface area contributed by atoms with Crippen molar-refractivity contribution in [1.29, 1.82) is 0 Å². The van der Waals surface area contributed by atoms with E-state index in [4.69, 9.17) is 0 Å². The van der Waals surface area contributed by atoms with E-state index in [2.05, 4.69) is 0 Å². The smallest absolute Gasteiger partial charge is 0.169 e. The zero-order chi connectivity index (χ0) is 9.68. The van der Waals surface area contributed by atoms with Gasteiger partial charge >= 0.3 is 0 Å². The topological polar surface area (TPSA) is 20.3 Å². The molecule has 74 valence electrons. The maximum Gasteiger partial charge on any atom is 0.169 e. The number of carbonyl (C=O) groups excluding carboxylic acids is 1. The lowest BCUT2D eigenvalue weighted by molar-refractivity contribution is -0.115. The molecule has 13 heavy (non-hydrogen) atoms. The van der Waals surface area contributed by atoms with Gasteiger partial charge in [0.2, 0.25) is 0 Å². The van der Waals surface area contributed by atoms with Gasteiger partial charge in [-0.05, 0) is 45.9 Å². The number of allylic oxidation sites excluding steroid dienone is 1. The molecule has 1 fully saturated rings. The molecule has 1 aliphatic carbocycles. The number of nitrogens with zero attached hydrogens (tertiary/aromatic N) is 1. The van der Waals surface area contributed by atoms with Gasteiger partial charge in [0, 0.05) is 0 Å². The van der Waals surface area contributed by atoms with Gasteiger partial charge in [0.15, 0.2) is 5.78 Å². The minimum atomic E-state index is 0.252. The van der Waals surface area contributed by atoms with E-state index in [0.717, 1.165) is 12.8 Å². The average Bonchev–Trinajstić information content (AvgIpc) is 2.04. The average molecular weight is 181 g/mol. The van der Waals surface area contributed by atoms with Crippen LogP contribution >= 0.6 is 0 Å². The molecule has 0 aromatic heterocycles. The largest absolute Gasteiger partial charge is 0.302 e. The second-order valence-corrected chi connectivity index (χ2v) is 4.07. The Bertz CT molecular complexity index is 198. The predicted octanol–water partition coefficient (Wildman–Crippen LogP) is 2.01. The molecule has 0 heterocycles. The summed E-state index contributed by atoms with van der Waals surface area (Å²) in [5.74, 6) is 0.252. The quantitative estimate of drug-likeness (QED) is 0.621. The van der Waals surface area contributed by atoms with Crippen LogP contribution in [0.4, 0.5) is 0 Å². The maximum absolute atomic E-state index is 11.4. The molecule has 0 aromatic carbocycles. The van der Waals surface area contributed by atoms with E-state index >= 15 is 0 Å². The highest BCUT2D eigenvalue weighted by Gasteiger charge is 2.07. The summed E-state index contributed by atoms with van der Waals surface area (Å²) in [5.41, 5.74) is 1.36.